The highest BCUT2D eigenvalue weighted by molar-refractivity contribution is 6.42. The third-order valence-corrected chi connectivity index (χ3v) is 3.58. The standard InChI is InChI=1S/C15H14Cl2N2O/c1-2-3-4-9-19-15(20)8-7-14(18-19)11-5-6-12(16)13(17)10-11/h5-6,10H,2-3,7-8H2,1H3. The maximum absolute atomic E-state index is 11.8. The van der Waals surface area contributed by atoms with E-state index < -0.39 is 0 Å². The number of nitrogens with zero attached hydrogens (tertiary/aromatic N) is 2. The smallest absolute Gasteiger partial charge is 0.255 e. The molecule has 1 aromatic carbocycles. The summed E-state index contributed by atoms with van der Waals surface area (Å²) in [6.07, 6.45) is 2.70. The largest absolute Gasteiger partial charge is 0.272 e. The Morgan fingerprint density at radius 1 is 1.30 bits per heavy atom. The first-order valence-electron chi connectivity index (χ1n) is 6.46. The molecule has 2 rings (SSSR count). The van der Waals surface area contributed by atoms with Gasteiger partial charge < -0.3 is 0 Å². The average Bonchev–Trinajstić information content (AvgIpc) is 2.44. The fourth-order valence-corrected chi connectivity index (χ4v) is 2.08. The minimum Gasteiger partial charge on any atom is -0.272 e. The summed E-state index contributed by atoms with van der Waals surface area (Å²) in [6.45, 7) is 2.04. The van der Waals surface area contributed by atoms with Crippen molar-refractivity contribution in [2.45, 2.75) is 32.6 Å². The van der Waals surface area contributed by atoms with Crippen molar-refractivity contribution in [3.8, 4) is 12.0 Å². The first-order chi connectivity index (χ1) is 9.61. The molecule has 0 aliphatic carbocycles. The summed E-state index contributed by atoms with van der Waals surface area (Å²) in [5, 5.41) is 6.52. The van der Waals surface area contributed by atoms with Gasteiger partial charge in [0.1, 0.15) is 0 Å². The molecule has 20 heavy (non-hydrogen) atoms. The maximum atomic E-state index is 11.8. The molecule has 1 amide bonds. The van der Waals surface area contributed by atoms with E-state index in [2.05, 4.69) is 17.1 Å². The lowest BCUT2D eigenvalue weighted by Crippen LogP contribution is -2.28. The van der Waals surface area contributed by atoms with E-state index >= 15 is 0 Å². The number of carbonyl (C=O) groups excluding carboxylic acids is 1. The van der Waals surface area contributed by atoms with Gasteiger partial charge in [0.2, 0.25) is 0 Å². The third-order valence-electron chi connectivity index (χ3n) is 2.85. The molecule has 0 saturated carbocycles. The van der Waals surface area contributed by atoms with E-state index in [0.717, 1.165) is 24.1 Å². The van der Waals surface area contributed by atoms with Gasteiger partial charge in [-0.1, -0.05) is 42.1 Å². The zero-order chi connectivity index (χ0) is 14.5. The second kappa shape index (κ2) is 6.78. The van der Waals surface area contributed by atoms with Crippen LogP contribution >= 0.6 is 23.2 Å². The van der Waals surface area contributed by atoms with Gasteiger partial charge >= 0.3 is 0 Å². The molecule has 0 fully saturated rings. The molecule has 0 saturated heterocycles. The number of unbranched alkanes of at least 4 members (excludes halogenated alkanes) is 1. The normalized spacial score (nSPS) is 14.7. The van der Waals surface area contributed by atoms with Crippen molar-refractivity contribution in [2.24, 2.45) is 5.10 Å². The van der Waals surface area contributed by atoms with Crippen molar-refractivity contribution < 1.29 is 4.79 Å². The van der Waals surface area contributed by atoms with E-state index in [4.69, 9.17) is 23.2 Å². The van der Waals surface area contributed by atoms with Crippen LogP contribution in [-0.2, 0) is 4.79 Å². The number of rotatable bonds is 2. The van der Waals surface area contributed by atoms with E-state index in [9.17, 15) is 4.79 Å². The second-order valence-corrected chi connectivity index (χ2v) is 5.23. The van der Waals surface area contributed by atoms with E-state index in [1.165, 1.54) is 5.01 Å². The van der Waals surface area contributed by atoms with E-state index in [0.29, 0.717) is 22.9 Å². The van der Waals surface area contributed by atoms with E-state index in [1.54, 1.807) is 12.1 Å². The molecule has 1 heterocycles. The van der Waals surface area contributed by atoms with Crippen molar-refractivity contribution in [2.75, 3.05) is 0 Å². The molecule has 5 heteroatoms. The molecule has 1 aromatic rings. The monoisotopic (exact) mass is 308 g/mol. The van der Waals surface area contributed by atoms with Gasteiger partial charge in [-0.3, -0.25) is 4.79 Å². The van der Waals surface area contributed by atoms with Gasteiger partial charge in [-0.2, -0.15) is 10.1 Å². The van der Waals surface area contributed by atoms with Gasteiger partial charge in [0, 0.05) is 25.3 Å². The van der Waals surface area contributed by atoms with Crippen molar-refractivity contribution in [1.29, 1.82) is 0 Å². The summed E-state index contributed by atoms with van der Waals surface area (Å²) in [5.41, 5.74) is 1.67. The summed E-state index contributed by atoms with van der Waals surface area (Å²) in [4.78, 5) is 11.8. The topological polar surface area (TPSA) is 32.7 Å². The minimum absolute atomic E-state index is 0.0718. The highest BCUT2D eigenvalue weighted by atomic mass is 35.5. The number of hydrogen-bond donors (Lipinski definition) is 0. The number of hydrazone groups is 1. The molecule has 0 spiro atoms. The zero-order valence-electron chi connectivity index (χ0n) is 11.1. The number of amides is 1. The van der Waals surface area contributed by atoms with Crippen molar-refractivity contribution in [3.05, 3.63) is 33.8 Å². The Morgan fingerprint density at radius 3 is 2.80 bits per heavy atom. The molecule has 1 aliphatic rings. The predicted octanol–water partition coefficient (Wildman–Crippen LogP) is 4.08. The number of benzene rings is 1. The van der Waals surface area contributed by atoms with Crippen molar-refractivity contribution >= 4 is 34.8 Å². The fraction of sp³-hybridized carbons (Fsp3) is 0.333. The van der Waals surface area contributed by atoms with Gasteiger partial charge in [-0.15, -0.1) is 0 Å². The van der Waals surface area contributed by atoms with Crippen LogP contribution in [0.1, 0.15) is 38.2 Å². The number of hydrogen-bond acceptors (Lipinski definition) is 2. The molecule has 0 radical (unpaired) electrons. The molecule has 1 aliphatic heterocycles. The van der Waals surface area contributed by atoms with Crippen molar-refractivity contribution in [1.82, 2.24) is 5.01 Å². The molecule has 104 valence electrons. The molecule has 0 aromatic heterocycles. The highest BCUT2D eigenvalue weighted by Crippen LogP contribution is 2.24. The second-order valence-electron chi connectivity index (χ2n) is 4.42. The maximum Gasteiger partial charge on any atom is 0.255 e. The Labute approximate surface area is 128 Å². The zero-order valence-corrected chi connectivity index (χ0v) is 12.6. The van der Waals surface area contributed by atoms with Crippen LogP contribution in [-0.4, -0.2) is 16.6 Å². The number of carbonyl (C=O) groups is 1. The average molecular weight is 309 g/mol. The van der Waals surface area contributed by atoms with Gasteiger partial charge in [-0.05, 0) is 24.1 Å². The summed E-state index contributed by atoms with van der Waals surface area (Å²) in [6, 6.07) is 8.12. The van der Waals surface area contributed by atoms with E-state index in [1.807, 2.05) is 13.0 Å². The quantitative estimate of drug-likeness (QED) is 0.758. The Balaban J connectivity index is 2.27. The van der Waals surface area contributed by atoms with Gasteiger partial charge in [0.25, 0.3) is 5.91 Å². The minimum atomic E-state index is -0.0718. The summed E-state index contributed by atoms with van der Waals surface area (Å²) >= 11 is 11.9. The molecule has 0 atom stereocenters. The lowest BCUT2D eigenvalue weighted by Gasteiger charge is -2.18. The molecular weight excluding hydrogens is 295 g/mol. The third kappa shape index (κ3) is 3.53. The van der Waals surface area contributed by atoms with Gasteiger partial charge in [-0.25, -0.2) is 0 Å². The molecule has 0 bridgehead atoms. The van der Waals surface area contributed by atoms with Crippen LogP contribution < -0.4 is 0 Å². The molecule has 0 N–H and O–H groups in total. The molecule has 0 unspecified atom stereocenters. The van der Waals surface area contributed by atoms with Gasteiger partial charge in [0.05, 0.1) is 15.8 Å². The van der Waals surface area contributed by atoms with Gasteiger partial charge in [0.15, 0.2) is 0 Å². The van der Waals surface area contributed by atoms with Crippen LogP contribution in [0.4, 0.5) is 0 Å². The molecular formula is C15H14Cl2N2O. The Bertz CT molecular complexity index is 614. The Morgan fingerprint density at radius 2 is 2.10 bits per heavy atom. The SMILES string of the molecule is CCCC#CN1N=C(c2ccc(Cl)c(Cl)c2)CCC1=O. The Kier molecular flexibility index (Phi) is 5.05. The van der Waals surface area contributed by atoms with Crippen LogP contribution in [0, 0.1) is 12.0 Å². The fourth-order valence-electron chi connectivity index (χ4n) is 1.78. The summed E-state index contributed by atoms with van der Waals surface area (Å²) < 4.78 is 0. The van der Waals surface area contributed by atoms with Crippen LogP contribution in [0.5, 0.6) is 0 Å². The van der Waals surface area contributed by atoms with E-state index in [-0.39, 0.29) is 5.91 Å². The first-order valence-corrected chi connectivity index (χ1v) is 7.21. The Hall–Kier alpha value is -1.50. The summed E-state index contributed by atoms with van der Waals surface area (Å²) in [7, 11) is 0. The summed E-state index contributed by atoms with van der Waals surface area (Å²) in [5.74, 6) is 2.86. The highest BCUT2D eigenvalue weighted by Gasteiger charge is 2.20. The van der Waals surface area contributed by atoms with Crippen LogP contribution in [0.2, 0.25) is 10.0 Å². The van der Waals surface area contributed by atoms with Crippen LogP contribution in [0.15, 0.2) is 23.3 Å². The first kappa shape index (κ1) is 14.9. The van der Waals surface area contributed by atoms with Crippen molar-refractivity contribution in [3.63, 3.8) is 0 Å². The number of halogens is 2. The lowest BCUT2D eigenvalue weighted by molar-refractivity contribution is -0.128. The predicted molar refractivity (Wildman–Crippen MR) is 81.8 cm³/mol. The lowest BCUT2D eigenvalue weighted by atomic mass is 10.0. The molecule has 3 nitrogen and oxygen atoms in total. The van der Waals surface area contributed by atoms with Crippen LogP contribution in [0.25, 0.3) is 0 Å². The van der Waals surface area contributed by atoms with Crippen LogP contribution in [0.3, 0.4) is 0 Å².